The molecule has 3 heterocycles. The number of hydrogen-bond acceptors (Lipinski definition) is 3. The number of thiazole rings is 1. The number of halogens is 1. The fraction of sp³-hybridized carbons (Fsp3) is 0.263. The van der Waals surface area contributed by atoms with Gasteiger partial charge in [0.15, 0.2) is 0 Å². The van der Waals surface area contributed by atoms with Crippen molar-refractivity contribution in [2.45, 2.75) is 18.9 Å². The number of rotatable bonds is 3. The molecule has 3 aromatic rings. The average molecular weight is 372 g/mol. The van der Waals surface area contributed by atoms with Crippen molar-refractivity contribution in [1.29, 1.82) is 0 Å². The van der Waals surface area contributed by atoms with Crippen molar-refractivity contribution in [2.75, 3.05) is 13.1 Å². The second-order valence-corrected chi connectivity index (χ2v) is 7.49. The summed E-state index contributed by atoms with van der Waals surface area (Å²) < 4.78 is 2.24. The molecule has 0 bridgehead atoms. The molecule has 25 heavy (non-hydrogen) atoms. The number of benzene rings is 1. The zero-order valence-corrected chi connectivity index (χ0v) is 15.2. The van der Waals surface area contributed by atoms with E-state index in [-0.39, 0.29) is 5.91 Å². The highest BCUT2D eigenvalue weighted by Crippen LogP contribution is 2.27. The summed E-state index contributed by atoms with van der Waals surface area (Å²) in [5.41, 5.74) is 1.52. The minimum Gasteiger partial charge on any atom is -0.351 e. The largest absolute Gasteiger partial charge is 0.351 e. The van der Waals surface area contributed by atoms with Crippen LogP contribution in [-0.2, 0) is 0 Å². The smallest absolute Gasteiger partial charge is 0.273 e. The molecule has 1 fully saturated rings. The molecule has 0 N–H and O–H groups in total. The van der Waals surface area contributed by atoms with Gasteiger partial charge in [0.2, 0.25) is 0 Å². The lowest BCUT2D eigenvalue weighted by atomic mass is 10.0. The van der Waals surface area contributed by atoms with Gasteiger partial charge < -0.3 is 9.47 Å². The molecule has 0 spiro atoms. The maximum absolute atomic E-state index is 12.7. The van der Waals surface area contributed by atoms with Gasteiger partial charge in [0, 0.05) is 47.5 Å². The Morgan fingerprint density at radius 2 is 1.80 bits per heavy atom. The van der Waals surface area contributed by atoms with Crippen LogP contribution in [0.1, 0.15) is 29.4 Å². The number of aromatic nitrogens is 2. The topological polar surface area (TPSA) is 38.1 Å². The van der Waals surface area contributed by atoms with E-state index < -0.39 is 0 Å². The lowest BCUT2D eigenvalue weighted by molar-refractivity contribution is 0.0689. The Kier molecular flexibility index (Phi) is 4.59. The van der Waals surface area contributed by atoms with Crippen molar-refractivity contribution >= 4 is 28.8 Å². The Labute approximate surface area is 155 Å². The molecule has 1 aromatic carbocycles. The summed E-state index contributed by atoms with van der Waals surface area (Å²) >= 11 is 7.42. The maximum atomic E-state index is 12.7. The summed E-state index contributed by atoms with van der Waals surface area (Å²) in [7, 11) is 0. The number of nitrogens with zero attached hydrogens (tertiary/aromatic N) is 3. The summed E-state index contributed by atoms with van der Waals surface area (Å²) in [6.07, 6.45) is 6.16. The van der Waals surface area contributed by atoms with Crippen LogP contribution in [0.15, 0.2) is 54.2 Å². The van der Waals surface area contributed by atoms with Gasteiger partial charge in [-0.3, -0.25) is 4.79 Å². The van der Waals surface area contributed by atoms with Gasteiger partial charge in [-0.25, -0.2) is 4.98 Å². The van der Waals surface area contributed by atoms with Crippen molar-refractivity contribution in [2.24, 2.45) is 0 Å². The molecule has 4 nitrogen and oxygen atoms in total. The van der Waals surface area contributed by atoms with E-state index in [4.69, 9.17) is 11.6 Å². The quantitative estimate of drug-likeness (QED) is 0.666. The van der Waals surface area contributed by atoms with E-state index in [9.17, 15) is 4.79 Å². The van der Waals surface area contributed by atoms with Crippen molar-refractivity contribution in [3.05, 3.63) is 64.9 Å². The van der Waals surface area contributed by atoms with Crippen molar-refractivity contribution < 1.29 is 4.79 Å². The predicted molar refractivity (Wildman–Crippen MR) is 101 cm³/mol. The molecule has 0 atom stereocenters. The normalized spacial score (nSPS) is 15.5. The Bertz CT molecular complexity index is 849. The zero-order valence-electron chi connectivity index (χ0n) is 13.6. The van der Waals surface area contributed by atoms with Gasteiger partial charge in [-0.15, -0.1) is 11.3 Å². The third-order valence-electron chi connectivity index (χ3n) is 4.62. The molecule has 2 aromatic heterocycles. The molecule has 128 valence electrons. The highest BCUT2D eigenvalue weighted by Gasteiger charge is 2.25. The predicted octanol–water partition coefficient (Wildman–Crippen LogP) is 4.74. The highest BCUT2D eigenvalue weighted by molar-refractivity contribution is 7.13. The third kappa shape index (κ3) is 3.48. The molecule has 1 saturated heterocycles. The van der Waals surface area contributed by atoms with Crippen LogP contribution >= 0.6 is 22.9 Å². The summed E-state index contributed by atoms with van der Waals surface area (Å²) in [6.45, 7) is 1.55. The van der Waals surface area contributed by atoms with E-state index in [2.05, 4.69) is 21.9 Å². The minimum absolute atomic E-state index is 0.0300. The van der Waals surface area contributed by atoms with Gasteiger partial charge in [-0.2, -0.15) is 0 Å². The van der Waals surface area contributed by atoms with E-state index in [0.717, 1.165) is 36.5 Å². The highest BCUT2D eigenvalue weighted by atomic mass is 35.5. The summed E-state index contributed by atoms with van der Waals surface area (Å²) in [6, 6.07) is 12.1. The first-order chi connectivity index (χ1) is 12.2. The molecule has 4 rings (SSSR count). The van der Waals surface area contributed by atoms with Crippen LogP contribution in [0.4, 0.5) is 0 Å². The summed E-state index contributed by atoms with van der Waals surface area (Å²) in [4.78, 5) is 19.2. The molecule has 1 amide bonds. The number of amides is 1. The molecule has 1 aliphatic heterocycles. The van der Waals surface area contributed by atoms with Gasteiger partial charge in [0.25, 0.3) is 5.91 Å². The number of likely N-dealkylation sites (tertiary alicyclic amines) is 1. The van der Waals surface area contributed by atoms with Crippen LogP contribution in [0.5, 0.6) is 0 Å². The van der Waals surface area contributed by atoms with Crippen LogP contribution in [0, 0.1) is 0 Å². The standard InChI is InChI=1S/C19H18ClN3OS/c20-15-5-3-14(4-6-15)18-21-17(13-25-18)19(24)23-11-7-16(8-12-23)22-9-1-2-10-22/h1-6,9-10,13,16H,7-8,11-12H2. The summed E-state index contributed by atoms with van der Waals surface area (Å²) in [5, 5.41) is 3.40. The number of carbonyl (C=O) groups is 1. The van der Waals surface area contributed by atoms with Gasteiger partial charge in [0.1, 0.15) is 10.7 Å². The molecule has 0 saturated carbocycles. The summed E-state index contributed by atoms with van der Waals surface area (Å²) in [5.74, 6) is 0.0300. The van der Waals surface area contributed by atoms with Gasteiger partial charge >= 0.3 is 0 Å². The second-order valence-electron chi connectivity index (χ2n) is 6.20. The van der Waals surface area contributed by atoms with Gasteiger partial charge in [0.05, 0.1) is 0 Å². The molecule has 0 unspecified atom stereocenters. The van der Waals surface area contributed by atoms with E-state index in [1.165, 1.54) is 11.3 Å². The van der Waals surface area contributed by atoms with Crippen LogP contribution in [0.3, 0.4) is 0 Å². The van der Waals surface area contributed by atoms with Crippen LogP contribution in [-0.4, -0.2) is 33.4 Å². The molecular formula is C19H18ClN3OS. The molecule has 0 radical (unpaired) electrons. The Morgan fingerprint density at radius 1 is 1.12 bits per heavy atom. The molecule has 0 aliphatic carbocycles. The fourth-order valence-electron chi connectivity index (χ4n) is 3.22. The number of hydrogen-bond donors (Lipinski definition) is 0. The minimum atomic E-state index is 0.0300. The van der Waals surface area contributed by atoms with E-state index >= 15 is 0 Å². The fourth-order valence-corrected chi connectivity index (χ4v) is 4.14. The second kappa shape index (κ2) is 7.02. The maximum Gasteiger partial charge on any atom is 0.273 e. The average Bonchev–Trinajstić information content (AvgIpc) is 3.34. The van der Waals surface area contributed by atoms with Crippen LogP contribution in [0.2, 0.25) is 5.02 Å². The monoisotopic (exact) mass is 371 g/mol. The van der Waals surface area contributed by atoms with Gasteiger partial charge in [-0.1, -0.05) is 23.7 Å². The van der Waals surface area contributed by atoms with Crippen LogP contribution < -0.4 is 0 Å². The molecule has 1 aliphatic rings. The Hall–Kier alpha value is -2.11. The first-order valence-electron chi connectivity index (χ1n) is 8.34. The van der Waals surface area contributed by atoms with Gasteiger partial charge in [-0.05, 0) is 37.1 Å². The lowest BCUT2D eigenvalue weighted by Gasteiger charge is -2.32. The number of piperidine rings is 1. The van der Waals surface area contributed by atoms with E-state index in [1.54, 1.807) is 0 Å². The molecule has 6 heteroatoms. The van der Waals surface area contributed by atoms with E-state index in [0.29, 0.717) is 16.8 Å². The SMILES string of the molecule is O=C(c1csc(-c2ccc(Cl)cc2)n1)N1CCC(n2cccc2)CC1. The Morgan fingerprint density at radius 3 is 2.48 bits per heavy atom. The Balaban J connectivity index is 1.43. The first kappa shape index (κ1) is 16.4. The third-order valence-corrected chi connectivity index (χ3v) is 5.76. The molecular weight excluding hydrogens is 354 g/mol. The first-order valence-corrected chi connectivity index (χ1v) is 9.59. The lowest BCUT2D eigenvalue weighted by Crippen LogP contribution is -2.39. The van der Waals surface area contributed by atoms with Crippen molar-refractivity contribution in [1.82, 2.24) is 14.5 Å². The van der Waals surface area contributed by atoms with Crippen molar-refractivity contribution in [3.8, 4) is 10.6 Å². The zero-order chi connectivity index (χ0) is 17.2. The van der Waals surface area contributed by atoms with E-state index in [1.807, 2.05) is 46.7 Å². The number of carbonyl (C=O) groups excluding carboxylic acids is 1. The van der Waals surface area contributed by atoms with Crippen LogP contribution in [0.25, 0.3) is 10.6 Å². The van der Waals surface area contributed by atoms with Crippen molar-refractivity contribution in [3.63, 3.8) is 0 Å².